The average Bonchev–Trinajstić information content (AvgIpc) is 3.33. The van der Waals surface area contributed by atoms with Gasteiger partial charge in [0.15, 0.2) is 0 Å². The largest absolute Gasteiger partial charge is 0.467 e. The summed E-state index contributed by atoms with van der Waals surface area (Å²) in [5, 5.41) is 2.95. The number of carbonyl (C=O) groups excluding carboxylic acids is 2. The van der Waals surface area contributed by atoms with Gasteiger partial charge in [-0.1, -0.05) is 37.3 Å². The van der Waals surface area contributed by atoms with Crippen LogP contribution in [0.2, 0.25) is 0 Å². The van der Waals surface area contributed by atoms with Crippen molar-refractivity contribution >= 4 is 17.6 Å². The van der Waals surface area contributed by atoms with E-state index in [1.165, 1.54) is 0 Å². The van der Waals surface area contributed by atoms with Gasteiger partial charge in [-0.2, -0.15) is 0 Å². The number of urea groups is 1. The van der Waals surface area contributed by atoms with Crippen LogP contribution in [0.25, 0.3) is 0 Å². The molecule has 6 heteroatoms. The number of furan rings is 1. The number of carbonyl (C=O) groups is 2. The van der Waals surface area contributed by atoms with Crippen molar-refractivity contribution in [1.29, 1.82) is 0 Å². The Kier molecular flexibility index (Phi) is 6.90. The standard InChI is InChI=1S/C26H29N3O3/c1-20-13-15-28(16-14-20)25(30)22-9-11-23(12-10-22)27-26(31)29(19-24-8-5-17-32-24)18-21-6-3-2-4-7-21/h2-12,17,20H,13-16,18-19H2,1H3,(H,27,31). The van der Waals surface area contributed by atoms with E-state index in [4.69, 9.17) is 4.42 Å². The molecule has 1 aliphatic heterocycles. The van der Waals surface area contributed by atoms with Crippen LogP contribution in [0.5, 0.6) is 0 Å². The van der Waals surface area contributed by atoms with Crippen LogP contribution in [-0.2, 0) is 13.1 Å². The first-order valence-electron chi connectivity index (χ1n) is 11.1. The Morgan fingerprint density at radius 2 is 1.69 bits per heavy atom. The van der Waals surface area contributed by atoms with Crippen LogP contribution in [0.4, 0.5) is 10.5 Å². The predicted molar refractivity (Wildman–Crippen MR) is 124 cm³/mol. The van der Waals surface area contributed by atoms with Crippen LogP contribution < -0.4 is 5.32 Å². The number of amides is 3. The number of benzene rings is 2. The van der Waals surface area contributed by atoms with E-state index in [0.717, 1.165) is 31.5 Å². The lowest BCUT2D eigenvalue weighted by Gasteiger charge is -2.30. The average molecular weight is 432 g/mol. The second kappa shape index (κ2) is 10.2. The molecule has 3 aromatic rings. The molecule has 6 nitrogen and oxygen atoms in total. The summed E-state index contributed by atoms with van der Waals surface area (Å²) in [6, 6.07) is 20.4. The van der Waals surface area contributed by atoms with Crippen molar-refractivity contribution in [3.8, 4) is 0 Å². The molecule has 3 amide bonds. The molecule has 1 aromatic heterocycles. The summed E-state index contributed by atoms with van der Waals surface area (Å²) in [6.45, 7) is 4.65. The minimum absolute atomic E-state index is 0.0540. The molecule has 0 atom stereocenters. The summed E-state index contributed by atoms with van der Waals surface area (Å²) in [5.41, 5.74) is 2.33. The fourth-order valence-electron chi connectivity index (χ4n) is 3.89. The minimum atomic E-state index is -0.227. The summed E-state index contributed by atoms with van der Waals surface area (Å²) in [4.78, 5) is 29.4. The van der Waals surface area contributed by atoms with Gasteiger partial charge in [-0.3, -0.25) is 4.79 Å². The Morgan fingerprint density at radius 3 is 2.34 bits per heavy atom. The molecule has 1 fully saturated rings. The van der Waals surface area contributed by atoms with Crippen molar-refractivity contribution in [2.45, 2.75) is 32.9 Å². The molecular weight excluding hydrogens is 402 g/mol. The van der Waals surface area contributed by atoms with E-state index in [1.807, 2.05) is 47.4 Å². The van der Waals surface area contributed by atoms with Gasteiger partial charge in [-0.25, -0.2) is 4.79 Å². The predicted octanol–water partition coefficient (Wildman–Crippen LogP) is 5.39. The van der Waals surface area contributed by atoms with Crippen molar-refractivity contribution in [3.63, 3.8) is 0 Å². The van der Waals surface area contributed by atoms with Crippen molar-refractivity contribution in [2.75, 3.05) is 18.4 Å². The Morgan fingerprint density at radius 1 is 0.969 bits per heavy atom. The highest BCUT2D eigenvalue weighted by molar-refractivity contribution is 5.95. The fraction of sp³-hybridized carbons (Fsp3) is 0.308. The van der Waals surface area contributed by atoms with E-state index < -0.39 is 0 Å². The molecule has 0 unspecified atom stereocenters. The van der Waals surface area contributed by atoms with Gasteiger partial charge in [0, 0.05) is 30.9 Å². The number of anilines is 1. The highest BCUT2D eigenvalue weighted by Gasteiger charge is 2.21. The summed E-state index contributed by atoms with van der Waals surface area (Å²) in [5.74, 6) is 1.45. The third-order valence-electron chi connectivity index (χ3n) is 5.88. The Balaban J connectivity index is 1.41. The van der Waals surface area contributed by atoms with Gasteiger partial charge in [0.05, 0.1) is 12.8 Å². The molecule has 0 spiro atoms. The van der Waals surface area contributed by atoms with Crippen LogP contribution in [0, 0.1) is 5.92 Å². The lowest BCUT2D eigenvalue weighted by atomic mass is 9.98. The third kappa shape index (κ3) is 5.58. The van der Waals surface area contributed by atoms with Crippen LogP contribution in [0.3, 0.4) is 0 Å². The number of likely N-dealkylation sites (tertiary alicyclic amines) is 1. The number of nitrogens with one attached hydrogen (secondary N) is 1. The lowest BCUT2D eigenvalue weighted by molar-refractivity contribution is 0.0697. The second-order valence-electron chi connectivity index (χ2n) is 8.40. The molecule has 0 radical (unpaired) electrons. The quantitative estimate of drug-likeness (QED) is 0.569. The zero-order valence-corrected chi connectivity index (χ0v) is 18.4. The summed E-state index contributed by atoms with van der Waals surface area (Å²) in [6.07, 6.45) is 3.70. The summed E-state index contributed by atoms with van der Waals surface area (Å²) < 4.78 is 5.44. The molecule has 0 bridgehead atoms. The van der Waals surface area contributed by atoms with Gasteiger partial charge in [0.1, 0.15) is 5.76 Å². The molecule has 0 aliphatic carbocycles. The van der Waals surface area contributed by atoms with Gasteiger partial charge < -0.3 is 19.5 Å². The molecule has 1 saturated heterocycles. The highest BCUT2D eigenvalue weighted by Crippen LogP contribution is 2.20. The fourth-order valence-corrected chi connectivity index (χ4v) is 3.89. The molecule has 4 rings (SSSR count). The summed E-state index contributed by atoms with van der Waals surface area (Å²) in [7, 11) is 0. The number of nitrogens with zero attached hydrogens (tertiary/aromatic N) is 2. The van der Waals surface area contributed by atoms with Crippen molar-refractivity contribution in [1.82, 2.24) is 9.80 Å². The maximum atomic E-state index is 13.0. The lowest BCUT2D eigenvalue weighted by Crippen LogP contribution is -2.37. The molecule has 2 heterocycles. The highest BCUT2D eigenvalue weighted by atomic mass is 16.3. The zero-order chi connectivity index (χ0) is 22.3. The van der Waals surface area contributed by atoms with E-state index in [9.17, 15) is 9.59 Å². The molecule has 1 aliphatic rings. The maximum absolute atomic E-state index is 13.0. The maximum Gasteiger partial charge on any atom is 0.322 e. The van der Waals surface area contributed by atoms with E-state index in [2.05, 4.69) is 12.2 Å². The van der Waals surface area contributed by atoms with Crippen molar-refractivity contribution < 1.29 is 14.0 Å². The summed E-state index contributed by atoms with van der Waals surface area (Å²) >= 11 is 0. The van der Waals surface area contributed by atoms with Crippen LogP contribution in [0.1, 0.15) is 41.4 Å². The van der Waals surface area contributed by atoms with Gasteiger partial charge in [-0.15, -0.1) is 0 Å². The first-order chi connectivity index (χ1) is 15.6. The molecule has 0 saturated carbocycles. The van der Waals surface area contributed by atoms with Crippen molar-refractivity contribution in [3.05, 3.63) is 89.9 Å². The SMILES string of the molecule is CC1CCN(C(=O)c2ccc(NC(=O)N(Cc3ccccc3)Cc3ccco3)cc2)CC1. The van der Waals surface area contributed by atoms with Crippen LogP contribution >= 0.6 is 0 Å². The Labute approximate surface area is 188 Å². The molecule has 32 heavy (non-hydrogen) atoms. The normalized spacial score (nSPS) is 14.2. The number of rotatable bonds is 6. The minimum Gasteiger partial charge on any atom is -0.467 e. The first-order valence-corrected chi connectivity index (χ1v) is 11.1. The van der Waals surface area contributed by atoms with Crippen LogP contribution in [0.15, 0.2) is 77.4 Å². The molecule has 1 N–H and O–H groups in total. The topological polar surface area (TPSA) is 65.8 Å². The van der Waals surface area contributed by atoms with E-state index in [0.29, 0.717) is 36.0 Å². The molecule has 2 aromatic carbocycles. The molecule has 166 valence electrons. The van der Waals surface area contributed by atoms with Crippen LogP contribution in [-0.4, -0.2) is 34.8 Å². The first kappa shape index (κ1) is 21.7. The van der Waals surface area contributed by atoms with E-state index in [1.54, 1.807) is 35.4 Å². The number of hydrogen-bond donors (Lipinski definition) is 1. The number of hydrogen-bond acceptors (Lipinski definition) is 3. The third-order valence-corrected chi connectivity index (χ3v) is 5.88. The Bertz CT molecular complexity index is 1010. The molecular formula is C26H29N3O3. The van der Waals surface area contributed by atoms with Gasteiger partial charge in [-0.05, 0) is 60.7 Å². The second-order valence-corrected chi connectivity index (χ2v) is 8.40. The van der Waals surface area contributed by atoms with Gasteiger partial charge in [0.2, 0.25) is 0 Å². The smallest absolute Gasteiger partial charge is 0.322 e. The van der Waals surface area contributed by atoms with Gasteiger partial charge >= 0.3 is 6.03 Å². The van der Waals surface area contributed by atoms with Gasteiger partial charge in [0.25, 0.3) is 5.91 Å². The Hall–Kier alpha value is -3.54. The zero-order valence-electron chi connectivity index (χ0n) is 18.4. The number of piperidine rings is 1. The van der Waals surface area contributed by atoms with E-state index in [-0.39, 0.29) is 11.9 Å². The van der Waals surface area contributed by atoms with E-state index >= 15 is 0 Å². The monoisotopic (exact) mass is 431 g/mol. The van der Waals surface area contributed by atoms with Crippen molar-refractivity contribution in [2.24, 2.45) is 5.92 Å².